The summed E-state index contributed by atoms with van der Waals surface area (Å²) < 4.78 is 23.2. The molecule has 6 heteroatoms. The summed E-state index contributed by atoms with van der Waals surface area (Å²) in [5.74, 6) is 0.435. The molecule has 0 aliphatic carbocycles. The zero-order valence-corrected chi connectivity index (χ0v) is 11.8. The first-order valence-electron chi connectivity index (χ1n) is 5.75. The quantitative estimate of drug-likeness (QED) is 0.725. The molecule has 0 amide bonds. The van der Waals surface area contributed by atoms with Crippen LogP contribution in [0.3, 0.4) is 0 Å². The standard InChI is InChI=1S/C11H18N2O2S2/c1-4-5-13-10-7-17(14,15)6-9(10)12-11(13)16-8(2)3/h4,8-10H,1,5-7H2,2-3H3. The van der Waals surface area contributed by atoms with Crippen LogP contribution in [0.1, 0.15) is 13.8 Å². The maximum absolute atomic E-state index is 11.6. The van der Waals surface area contributed by atoms with Crippen molar-refractivity contribution in [2.75, 3.05) is 18.1 Å². The summed E-state index contributed by atoms with van der Waals surface area (Å²) in [7, 11) is -2.90. The first-order chi connectivity index (χ1) is 7.93. The van der Waals surface area contributed by atoms with Gasteiger partial charge in [-0.05, 0) is 0 Å². The highest BCUT2D eigenvalue weighted by molar-refractivity contribution is 8.14. The van der Waals surface area contributed by atoms with Gasteiger partial charge in [-0.1, -0.05) is 31.7 Å². The maximum atomic E-state index is 11.6. The van der Waals surface area contributed by atoms with E-state index in [0.717, 1.165) is 5.17 Å². The Morgan fingerprint density at radius 2 is 2.29 bits per heavy atom. The van der Waals surface area contributed by atoms with E-state index >= 15 is 0 Å². The molecular formula is C11H18N2O2S2. The van der Waals surface area contributed by atoms with Crippen LogP contribution in [0, 0.1) is 0 Å². The molecule has 2 aliphatic rings. The number of fused-ring (bicyclic) bond motifs is 1. The van der Waals surface area contributed by atoms with Crippen molar-refractivity contribution in [3.63, 3.8) is 0 Å². The second kappa shape index (κ2) is 4.65. The molecule has 1 saturated heterocycles. The van der Waals surface area contributed by atoms with Gasteiger partial charge in [-0.15, -0.1) is 6.58 Å². The van der Waals surface area contributed by atoms with Crippen molar-refractivity contribution in [2.45, 2.75) is 31.2 Å². The third kappa shape index (κ3) is 2.68. The number of aliphatic imine (C=N–C) groups is 1. The van der Waals surface area contributed by atoms with Gasteiger partial charge in [0.1, 0.15) is 0 Å². The average molecular weight is 274 g/mol. The highest BCUT2D eigenvalue weighted by Crippen LogP contribution is 2.32. The van der Waals surface area contributed by atoms with E-state index in [-0.39, 0.29) is 23.6 Å². The smallest absolute Gasteiger partial charge is 0.160 e. The minimum Gasteiger partial charge on any atom is -0.342 e. The van der Waals surface area contributed by atoms with Crippen molar-refractivity contribution >= 4 is 26.8 Å². The van der Waals surface area contributed by atoms with Crippen LogP contribution in [0.25, 0.3) is 0 Å². The van der Waals surface area contributed by atoms with Gasteiger partial charge in [0.2, 0.25) is 0 Å². The van der Waals surface area contributed by atoms with Crippen LogP contribution in [0.4, 0.5) is 0 Å². The van der Waals surface area contributed by atoms with Crippen LogP contribution in [-0.4, -0.2) is 53.9 Å². The third-order valence-corrected chi connectivity index (χ3v) is 5.60. The first-order valence-corrected chi connectivity index (χ1v) is 8.45. The molecule has 0 N–H and O–H groups in total. The Morgan fingerprint density at radius 3 is 2.88 bits per heavy atom. The second-order valence-corrected chi connectivity index (χ2v) is 8.43. The van der Waals surface area contributed by atoms with Crippen molar-refractivity contribution in [3.05, 3.63) is 12.7 Å². The maximum Gasteiger partial charge on any atom is 0.160 e. The monoisotopic (exact) mass is 274 g/mol. The lowest BCUT2D eigenvalue weighted by atomic mass is 10.2. The number of rotatable bonds is 3. The van der Waals surface area contributed by atoms with E-state index in [4.69, 9.17) is 0 Å². The predicted octanol–water partition coefficient (Wildman–Crippen LogP) is 1.15. The van der Waals surface area contributed by atoms with Gasteiger partial charge in [0, 0.05) is 11.8 Å². The SMILES string of the molecule is C=CCN1C(SC(C)C)=NC2CS(=O)(=O)CC21. The second-order valence-electron chi connectivity index (χ2n) is 4.73. The van der Waals surface area contributed by atoms with Crippen molar-refractivity contribution in [1.82, 2.24) is 4.90 Å². The largest absolute Gasteiger partial charge is 0.342 e. The Morgan fingerprint density at radius 1 is 1.59 bits per heavy atom. The van der Waals surface area contributed by atoms with E-state index in [0.29, 0.717) is 11.8 Å². The molecule has 0 aromatic heterocycles. The summed E-state index contributed by atoms with van der Waals surface area (Å²) >= 11 is 1.70. The lowest BCUT2D eigenvalue weighted by Crippen LogP contribution is -2.39. The minimum atomic E-state index is -2.90. The van der Waals surface area contributed by atoms with Gasteiger partial charge in [0.25, 0.3) is 0 Å². The molecule has 0 aromatic carbocycles. The van der Waals surface area contributed by atoms with Crippen LogP contribution >= 0.6 is 11.8 Å². The van der Waals surface area contributed by atoms with Gasteiger partial charge in [-0.3, -0.25) is 4.99 Å². The van der Waals surface area contributed by atoms with Crippen LogP contribution in [0.2, 0.25) is 0 Å². The van der Waals surface area contributed by atoms with E-state index in [2.05, 4.69) is 30.3 Å². The van der Waals surface area contributed by atoms with Crippen molar-refractivity contribution in [3.8, 4) is 0 Å². The molecule has 0 saturated carbocycles. The van der Waals surface area contributed by atoms with E-state index in [1.165, 1.54) is 0 Å². The van der Waals surface area contributed by atoms with Gasteiger partial charge in [0.05, 0.1) is 23.6 Å². The number of nitrogens with zero attached hydrogens (tertiary/aromatic N) is 2. The fourth-order valence-corrected chi connectivity index (χ4v) is 5.09. The highest BCUT2D eigenvalue weighted by Gasteiger charge is 2.46. The van der Waals surface area contributed by atoms with Gasteiger partial charge >= 0.3 is 0 Å². The Hall–Kier alpha value is -0.490. The molecule has 17 heavy (non-hydrogen) atoms. The highest BCUT2D eigenvalue weighted by atomic mass is 32.2. The summed E-state index contributed by atoms with van der Waals surface area (Å²) in [6, 6.07) is -0.0413. The van der Waals surface area contributed by atoms with E-state index in [1.807, 2.05) is 6.08 Å². The molecule has 0 bridgehead atoms. The van der Waals surface area contributed by atoms with E-state index in [9.17, 15) is 8.42 Å². The van der Waals surface area contributed by atoms with Crippen LogP contribution < -0.4 is 0 Å². The number of sulfone groups is 1. The number of amidine groups is 1. The molecule has 2 heterocycles. The number of hydrogen-bond acceptors (Lipinski definition) is 5. The molecule has 4 nitrogen and oxygen atoms in total. The van der Waals surface area contributed by atoms with Crippen LogP contribution in [0.15, 0.2) is 17.6 Å². The zero-order chi connectivity index (χ0) is 12.6. The summed E-state index contributed by atoms with van der Waals surface area (Å²) in [6.07, 6.45) is 1.81. The lowest BCUT2D eigenvalue weighted by molar-refractivity contribution is 0.379. The summed E-state index contributed by atoms with van der Waals surface area (Å²) in [5.41, 5.74) is 0. The lowest BCUT2D eigenvalue weighted by Gasteiger charge is -2.25. The van der Waals surface area contributed by atoms with Gasteiger partial charge in [-0.2, -0.15) is 0 Å². The Labute approximate surface area is 107 Å². The molecule has 1 fully saturated rings. The minimum absolute atomic E-state index is 0.0271. The molecule has 2 atom stereocenters. The fourth-order valence-electron chi connectivity index (χ4n) is 2.25. The average Bonchev–Trinajstić information content (AvgIpc) is 2.61. The normalized spacial score (nSPS) is 30.5. The summed E-state index contributed by atoms with van der Waals surface area (Å²) in [5, 5.41) is 1.43. The van der Waals surface area contributed by atoms with Gasteiger partial charge in [0.15, 0.2) is 15.0 Å². The molecule has 0 aromatic rings. The summed E-state index contributed by atoms with van der Waals surface area (Å²) in [4.78, 5) is 6.65. The molecule has 0 spiro atoms. The Bertz CT molecular complexity index is 442. The molecule has 0 radical (unpaired) electrons. The van der Waals surface area contributed by atoms with Gasteiger partial charge in [-0.25, -0.2) is 8.42 Å². The van der Waals surface area contributed by atoms with Gasteiger partial charge < -0.3 is 4.90 Å². The zero-order valence-electron chi connectivity index (χ0n) is 10.2. The van der Waals surface area contributed by atoms with E-state index in [1.54, 1.807) is 11.8 Å². The predicted molar refractivity (Wildman–Crippen MR) is 73.3 cm³/mol. The first kappa shape index (κ1) is 13.0. The van der Waals surface area contributed by atoms with Crippen LogP contribution in [-0.2, 0) is 9.84 Å². The van der Waals surface area contributed by atoms with Crippen molar-refractivity contribution < 1.29 is 8.42 Å². The molecule has 2 rings (SSSR count). The fraction of sp³-hybridized carbons (Fsp3) is 0.727. The molecule has 96 valence electrons. The number of hydrogen-bond donors (Lipinski definition) is 0. The molecule has 2 aliphatic heterocycles. The van der Waals surface area contributed by atoms with E-state index < -0.39 is 9.84 Å². The summed E-state index contributed by atoms with van der Waals surface area (Å²) in [6.45, 7) is 8.64. The number of thioether (sulfide) groups is 1. The van der Waals surface area contributed by atoms with Crippen molar-refractivity contribution in [1.29, 1.82) is 0 Å². The Balaban J connectivity index is 2.20. The molecule has 2 unspecified atom stereocenters. The van der Waals surface area contributed by atoms with Crippen LogP contribution in [0.5, 0.6) is 0 Å². The third-order valence-electron chi connectivity index (χ3n) is 2.88. The Kier molecular flexibility index (Phi) is 3.54. The topological polar surface area (TPSA) is 49.7 Å². The molecular weight excluding hydrogens is 256 g/mol. The van der Waals surface area contributed by atoms with Crippen molar-refractivity contribution in [2.24, 2.45) is 4.99 Å².